The molecule has 0 bridgehead atoms. The largest absolute Gasteiger partial charge is 0.312 e. The molecule has 2 heteroatoms. The van der Waals surface area contributed by atoms with Crippen molar-refractivity contribution in [1.29, 1.82) is 0 Å². The summed E-state index contributed by atoms with van der Waals surface area (Å²) in [5.41, 5.74) is 1.42. The molecule has 0 aliphatic heterocycles. The summed E-state index contributed by atoms with van der Waals surface area (Å²) in [7, 11) is 0. The Morgan fingerprint density at radius 2 is 1.70 bits per heavy atom. The second-order valence-corrected chi connectivity index (χ2v) is 5.60. The van der Waals surface area contributed by atoms with Crippen LogP contribution in [-0.4, -0.2) is 30.6 Å². The van der Waals surface area contributed by atoms with Gasteiger partial charge in [0.25, 0.3) is 0 Å². The van der Waals surface area contributed by atoms with Crippen LogP contribution >= 0.6 is 0 Å². The molecular weight excluding hydrogens is 244 g/mol. The molecule has 0 aromatic heterocycles. The number of nitrogens with zero attached hydrogens (tertiary/aromatic N) is 1. The molecule has 0 radical (unpaired) electrons. The number of rotatable bonds is 10. The average Bonchev–Trinajstić information content (AvgIpc) is 2.50. The quantitative estimate of drug-likeness (QED) is 0.687. The van der Waals surface area contributed by atoms with Crippen LogP contribution in [0, 0.1) is 0 Å². The molecule has 1 aromatic rings. The van der Waals surface area contributed by atoms with Crippen LogP contribution in [0.1, 0.15) is 58.6 Å². The lowest BCUT2D eigenvalue weighted by atomic mass is 10.0. The molecule has 2 unspecified atom stereocenters. The SMILES string of the molecule is CCCCC(C)NCC(c1ccccc1)N(CC)CC. The second-order valence-electron chi connectivity index (χ2n) is 5.60. The Labute approximate surface area is 125 Å². The van der Waals surface area contributed by atoms with E-state index < -0.39 is 0 Å². The van der Waals surface area contributed by atoms with Gasteiger partial charge in [0.15, 0.2) is 0 Å². The average molecular weight is 276 g/mol. The van der Waals surface area contributed by atoms with Crippen LogP contribution < -0.4 is 5.32 Å². The van der Waals surface area contributed by atoms with Gasteiger partial charge in [-0.2, -0.15) is 0 Å². The first-order valence-corrected chi connectivity index (χ1v) is 8.25. The summed E-state index contributed by atoms with van der Waals surface area (Å²) >= 11 is 0. The van der Waals surface area contributed by atoms with Gasteiger partial charge in [-0.25, -0.2) is 0 Å². The van der Waals surface area contributed by atoms with E-state index in [0.29, 0.717) is 12.1 Å². The van der Waals surface area contributed by atoms with E-state index in [0.717, 1.165) is 19.6 Å². The maximum Gasteiger partial charge on any atom is 0.0472 e. The Balaban J connectivity index is 2.64. The highest BCUT2D eigenvalue weighted by Crippen LogP contribution is 2.19. The van der Waals surface area contributed by atoms with Crippen molar-refractivity contribution in [2.45, 2.75) is 59.0 Å². The van der Waals surface area contributed by atoms with Gasteiger partial charge in [0.2, 0.25) is 0 Å². The van der Waals surface area contributed by atoms with Crippen LogP contribution in [-0.2, 0) is 0 Å². The fourth-order valence-corrected chi connectivity index (χ4v) is 2.72. The Morgan fingerprint density at radius 3 is 2.25 bits per heavy atom. The van der Waals surface area contributed by atoms with Crippen molar-refractivity contribution in [3.8, 4) is 0 Å². The molecule has 1 rings (SSSR count). The maximum atomic E-state index is 3.72. The molecule has 114 valence electrons. The van der Waals surface area contributed by atoms with Gasteiger partial charge in [-0.05, 0) is 32.0 Å². The predicted molar refractivity (Wildman–Crippen MR) is 89.1 cm³/mol. The van der Waals surface area contributed by atoms with Crippen molar-refractivity contribution in [3.63, 3.8) is 0 Å². The van der Waals surface area contributed by atoms with Crippen molar-refractivity contribution < 1.29 is 0 Å². The molecule has 0 saturated heterocycles. The zero-order valence-corrected chi connectivity index (χ0v) is 13.7. The smallest absolute Gasteiger partial charge is 0.0472 e. The summed E-state index contributed by atoms with van der Waals surface area (Å²) in [4.78, 5) is 2.54. The lowest BCUT2D eigenvalue weighted by molar-refractivity contribution is 0.208. The van der Waals surface area contributed by atoms with E-state index in [9.17, 15) is 0 Å². The minimum absolute atomic E-state index is 0.482. The van der Waals surface area contributed by atoms with Crippen LogP contribution in [0.5, 0.6) is 0 Å². The first-order valence-electron chi connectivity index (χ1n) is 8.25. The number of nitrogens with one attached hydrogen (secondary N) is 1. The molecule has 2 nitrogen and oxygen atoms in total. The molecule has 2 atom stereocenters. The van der Waals surface area contributed by atoms with E-state index in [-0.39, 0.29) is 0 Å². The first-order chi connectivity index (χ1) is 9.72. The summed E-state index contributed by atoms with van der Waals surface area (Å²) in [6, 6.07) is 12.0. The minimum atomic E-state index is 0.482. The third kappa shape index (κ3) is 5.64. The van der Waals surface area contributed by atoms with Gasteiger partial charge >= 0.3 is 0 Å². The molecule has 1 N–H and O–H groups in total. The van der Waals surface area contributed by atoms with Crippen molar-refractivity contribution in [2.75, 3.05) is 19.6 Å². The maximum absolute atomic E-state index is 3.72. The third-order valence-electron chi connectivity index (χ3n) is 4.09. The van der Waals surface area contributed by atoms with E-state index in [1.165, 1.54) is 24.8 Å². The molecule has 0 aliphatic carbocycles. The van der Waals surface area contributed by atoms with E-state index in [4.69, 9.17) is 0 Å². The van der Waals surface area contributed by atoms with Gasteiger partial charge in [0.1, 0.15) is 0 Å². The molecule has 0 spiro atoms. The fraction of sp³-hybridized carbons (Fsp3) is 0.667. The van der Waals surface area contributed by atoms with Crippen LogP contribution in [0.15, 0.2) is 30.3 Å². The van der Waals surface area contributed by atoms with E-state index >= 15 is 0 Å². The van der Waals surface area contributed by atoms with Gasteiger partial charge in [0.05, 0.1) is 0 Å². The molecule has 0 amide bonds. The van der Waals surface area contributed by atoms with E-state index in [2.05, 4.69) is 68.2 Å². The number of benzene rings is 1. The minimum Gasteiger partial charge on any atom is -0.312 e. The Hall–Kier alpha value is -0.860. The van der Waals surface area contributed by atoms with E-state index in [1.54, 1.807) is 0 Å². The van der Waals surface area contributed by atoms with Crippen molar-refractivity contribution >= 4 is 0 Å². The third-order valence-corrected chi connectivity index (χ3v) is 4.09. The summed E-state index contributed by atoms with van der Waals surface area (Å²) in [6.07, 6.45) is 3.87. The topological polar surface area (TPSA) is 15.3 Å². The van der Waals surface area contributed by atoms with Gasteiger partial charge < -0.3 is 5.32 Å². The molecular formula is C18H32N2. The van der Waals surface area contributed by atoms with Gasteiger partial charge in [-0.1, -0.05) is 63.9 Å². The van der Waals surface area contributed by atoms with Crippen LogP contribution in [0.3, 0.4) is 0 Å². The highest BCUT2D eigenvalue weighted by atomic mass is 15.2. The van der Waals surface area contributed by atoms with Crippen LogP contribution in [0.2, 0.25) is 0 Å². The number of unbranched alkanes of at least 4 members (excludes halogenated alkanes) is 1. The zero-order valence-electron chi connectivity index (χ0n) is 13.7. The highest BCUT2D eigenvalue weighted by Gasteiger charge is 2.18. The molecule has 20 heavy (non-hydrogen) atoms. The van der Waals surface area contributed by atoms with Crippen molar-refractivity contribution in [3.05, 3.63) is 35.9 Å². The first kappa shape index (κ1) is 17.2. The molecule has 0 fully saturated rings. The van der Waals surface area contributed by atoms with Gasteiger partial charge in [0, 0.05) is 18.6 Å². The Morgan fingerprint density at radius 1 is 1.05 bits per heavy atom. The Kier molecular flexibility index (Phi) is 8.56. The zero-order chi connectivity index (χ0) is 14.8. The van der Waals surface area contributed by atoms with Gasteiger partial charge in [-0.3, -0.25) is 4.90 Å². The summed E-state index contributed by atoms with van der Waals surface area (Å²) < 4.78 is 0. The number of likely N-dealkylation sites (N-methyl/N-ethyl adjacent to an activating group) is 1. The summed E-state index contributed by atoms with van der Waals surface area (Å²) in [6.45, 7) is 12.3. The predicted octanol–water partition coefficient (Wildman–Crippen LogP) is 4.24. The summed E-state index contributed by atoms with van der Waals surface area (Å²) in [5, 5.41) is 3.72. The van der Waals surface area contributed by atoms with Crippen molar-refractivity contribution in [2.24, 2.45) is 0 Å². The molecule has 0 heterocycles. The number of hydrogen-bond acceptors (Lipinski definition) is 2. The van der Waals surface area contributed by atoms with E-state index in [1.807, 2.05) is 0 Å². The normalized spacial score (nSPS) is 14.4. The number of hydrogen-bond donors (Lipinski definition) is 1. The highest BCUT2D eigenvalue weighted by molar-refractivity contribution is 5.19. The lowest BCUT2D eigenvalue weighted by Gasteiger charge is -2.31. The Bertz CT molecular complexity index is 333. The summed E-state index contributed by atoms with van der Waals surface area (Å²) in [5.74, 6) is 0. The fourth-order valence-electron chi connectivity index (χ4n) is 2.72. The molecule has 0 aliphatic rings. The molecule has 1 aromatic carbocycles. The monoisotopic (exact) mass is 276 g/mol. The van der Waals surface area contributed by atoms with Crippen LogP contribution in [0.25, 0.3) is 0 Å². The standard InChI is InChI=1S/C18H32N2/c1-5-8-12-16(4)19-15-18(20(6-2)7-3)17-13-10-9-11-14-17/h9-11,13-14,16,18-19H,5-8,12,15H2,1-4H3. The van der Waals surface area contributed by atoms with Crippen molar-refractivity contribution in [1.82, 2.24) is 10.2 Å². The van der Waals surface area contributed by atoms with Crippen LogP contribution in [0.4, 0.5) is 0 Å². The molecule has 0 saturated carbocycles. The van der Waals surface area contributed by atoms with Gasteiger partial charge in [-0.15, -0.1) is 0 Å². The second kappa shape index (κ2) is 9.95. The lowest BCUT2D eigenvalue weighted by Crippen LogP contribution is -2.38.